The second kappa shape index (κ2) is 5.59. The molecule has 1 unspecified atom stereocenters. The molecule has 0 saturated heterocycles. The van der Waals surface area contributed by atoms with E-state index in [4.69, 9.17) is 14.2 Å². The van der Waals surface area contributed by atoms with E-state index in [2.05, 4.69) is 11.4 Å². The summed E-state index contributed by atoms with van der Waals surface area (Å²) in [5.41, 5.74) is 0.862. The number of benzene rings is 1. The standard InChI is InChI=1S/C15H18N2O3/c1-18-13-6-10(7-14-15(13)20-9-19-14)12(8-16)17-11-4-2-3-5-11/h6-7,11-12,17H,2-5,9H2,1H3. The molecule has 1 atom stereocenters. The highest BCUT2D eigenvalue weighted by Crippen LogP contribution is 2.43. The number of hydrogen-bond donors (Lipinski definition) is 1. The van der Waals surface area contributed by atoms with E-state index in [1.807, 2.05) is 12.1 Å². The summed E-state index contributed by atoms with van der Waals surface area (Å²) in [7, 11) is 1.59. The minimum Gasteiger partial charge on any atom is -0.493 e. The van der Waals surface area contributed by atoms with Crippen LogP contribution < -0.4 is 19.5 Å². The Kier molecular flexibility index (Phi) is 3.66. The van der Waals surface area contributed by atoms with E-state index in [1.165, 1.54) is 12.8 Å². The second-order valence-electron chi connectivity index (χ2n) is 5.17. The first-order valence-corrected chi connectivity index (χ1v) is 6.95. The predicted molar refractivity (Wildman–Crippen MR) is 72.9 cm³/mol. The smallest absolute Gasteiger partial charge is 0.231 e. The molecule has 1 aromatic carbocycles. The molecule has 5 heteroatoms. The Morgan fingerprint density at radius 2 is 2.15 bits per heavy atom. The number of fused-ring (bicyclic) bond motifs is 1. The highest BCUT2D eigenvalue weighted by Gasteiger charge is 2.25. The molecule has 0 spiro atoms. The quantitative estimate of drug-likeness (QED) is 0.914. The Morgan fingerprint density at radius 1 is 1.35 bits per heavy atom. The molecule has 20 heavy (non-hydrogen) atoms. The zero-order chi connectivity index (χ0) is 13.9. The summed E-state index contributed by atoms with van der Waals surface area (Å²) in [6.07, 6.45) is 4.75. The molecule has 5 nitrogen and oxygen atoms in total. The Hall–Kier alpha value is -1.93. The van der Waals surface area contributed by atoms with Gasteiger partial charge in [-0.25, -0.2) is 0 Å². The van der Waals surface area contributed by atoms with Crippen LogP contribution in [-0.2, 0) is 0 Å². The number of nitriles is 1. The van der Waals surface area contributed by atoms with Crippen molar-refractivity contribution in [2.45, 2.75) is 37.8 Å². The summed E-state index contributed by atoms with van der Waals surface area (Å²) in [5.74, 6) is 1.88. The number of hydrogen-bond acceptors (Lipinski definition) is 5. The van der Waals surface area contributed by atoms with E-state index < -0.39 is 0 Å². The first-order valence-electron chi connectivity index (χ1n) is 6.95. The van der Waals surface area contributed by atoms with Crippen molar-refractivity contribution < 1.29 is 14.2 Å². The van der Waals surface area contributed by atoms with Crippen LogP contribution in [0.2, 0.25) is 0 Å². The third-order valence-electron chi connectivity index (χ3n) is 3.90. The molecule has 1 aliphatic carbocycles. The monoisotopic (exact) mass is 274 g/mol. The maximum Gasteiger partial charge on any atom is 0.231 e. The topological polar surface area (TPSA) is 63.5 Å². The SMILES string of the molecule is COc1cc(C(C#N)NC2CCCC2)cc2c1OCO2. The van der Waals surface area contributed by atoms with Crippen LogP contribution in [-0.4, -0.2) is 19.9 Å². The van der Waals surface area contributed by atoms with Crippen LogP contribution in [0.5, 0.6) is 17.2 Å². The number of nitrogens with one attached hydrogen (secondary N) is 1. The van der Waals surface area contributed by atoms with E-state index in [9.17, 15) is 5.26 Å². The van der Waals surface area contributed by atoms with Gasteiger partial charge < -0.3 is 14.2 Å². The maximum atomic E-state index is 9.43. The van der Waals surface area contributed by atoms with Crippen LogP contribution in [0.3, 0.4) is 0 Å². The number of nitrogens with zero attached hydrogens (tertiary/aromatic N) is 1. The molecule has 1 fully saturated rings. The molecule has 0 aromatic heterocycles. The average Bonchev–Trinajstić information content (AvgIpc) is 3.14. The normalized spacial score (nSPS) is 18.8. The molecule has 1 saturated carbocycles. The highest BCUT2D eigenvalue weighted by atomic mass is 16.7. The first-order chi connectivity index (χ1) is 9.81. The first kappa shape index (κ1) is 13.1. The van der Waals surface area contributed by atoms with Crippen molar-refractivity contribution in [3.05, 3.63) is 17.7 Å². The zero-order valence-corrected chi connectivity index (χ0v) is 11.5. The van der Waals surface area contributed by atoms with Crippen molar-refractivity contribution in [2.24, 2.45) is 0 Å². The van der Waals surface area contributed by atoms with Gasteiger partial charge in [-0.15, -0.1) is 0 Å². The molecular formula is C15H18N2O3. The average molecular weight is 274 g/mol. The summed E-state index contributed by atoms with van der Waals surface area (Å²) in [5, 5.41) is 12.8. The Morgan fingerprint density at radius 3 is 2.85 bits per heavy atom. The van der Waals surface area contributed by atoms with Crippen LogP contribution in [0.25, 0.3) is 0 Å². The summed E-state index contributed by atoms with van der Waals surface area (Å²) >= 11 is 0. The van der Waals surface area contributed by atoms with Crippen molar-refractivity contribution in [3.8, 4) is 23.3 Å². The minimum atomic E-state index is -0.346. The Bertz CT molecular complexity index is 533. The van der Waals surface area contributed by atoms with Gasteiger partial charge in [-0.05, 0) is 30.5 Å². The van der Waals surface area contributed by atoms with Crippen molar-refractivity contribution in [3.63, 3.8) is 0 Å². The number of methoxy groups -OCH3 is 1. The highest BCUT2D eigenvalue weighted by molar-refractivity contribution is 5.56. The molecule has 1 heterocycles. The van der Waals surface area contributed by atoms with Crippen LogP contribution >= 0.6 is 0 Å². The van der Waals surface area contributed by atoms with Gasteiger partial charge in [0.1, 0.15) is 6.04 Å². The third kappa shape index (κ3) is 2.39. The van der Waals surface area contributed by atoms with Gasteiger partial charge in [0.05, 0.1) is 13.2 Å². The molecular weight excluding hydrogens is 256 g/mol. The van der Waals surface area contributed by atoms with Gasteiger partial charge in [0, 0.05) is 6.04 Å². The Labute approximate surface area is 118 Å². The fraction of sp³-hybridized carbons (Fsp3) is 0.533. The lowest BCUT2D eigenvalue weighted by Gasteiger charge is -2.18. The Balaban J connectivity index is 1.86. The van der Waals surface area contributed by atoms with Gasteiger partial charge in [-0.2, -0.15) is 5.26 Å². The van der Waals surface area contributed by atoms with Crippen LogP contribution in [0.4, 0.5) is 0 Å². The fourth-order valence-electron chi connectivity index (χ4n) is 2.85. The van der Waals surface area contributed by atoms with E-state index >= 15 is 0 Å². The molecule has 2 aliphatic rings. The molecule has 106 valence electrons. The van der Waals surface area contributed by atoms with Crippen molar-refractivity contribution >= 4 is 0 Å². The number of rotatable bonds is 4. The van der Waals surface area contributed by atoms with Crippen LogP contribution in [0.15, 0.2) is 12.1 Å². The van der Waals surface area contributed by atoms with Gasteiger partial charge in [0.15, 0.2) is 11.5 Å². The van der Waals surface area contributed by atoms with Gasteiger partial charge in [0.2, 0.25) is 12.5 Å². The van der Waals surface area contributed by atoms with E-state index in [0.717, 1.165) is 18.4 Å². The van der Waals surface area contributed by atoms with Crippen molar-refractivity contribution in [1.29, 1.82) is 5.26 Å². The summed E-state index contributed by atoms with van der Waals surface area (Å²) in [6, 6.07) is 6.12. The van der Waals surface area contributed by atoms with E-state index in [1.54, 1.807) is 7.11 Å². The second-order valence-corrected chi connectivity index (χ2v) is 5.17. The molecule has 0 radical (unpaired) electrons. The zero-order valence-electron chi connectivity index (χ0n) is 11.5. The van der Waals surface area contributed by atoms with Gasteiger partial charge in [-0.1, -0.05) is 12.8 Å². The largest absolute Gasteiger partial charge is 0.493 e. The summed E-state index contributed by atoms with van der Waals surface area (Å²) in [6.45, 7) is 0.197. The third-order valence-corrected chi connectivity index (χ3v) is 3.90. The summed E-state index contributed by atoms with van der Waals surface area (Å²) < 4.78 is 16.1. The molecule has 1 aliphatic heterocycles. The minimum absolute atomic E-state index is 0.197. The van der Waals surface area contributed by atoms with Crippen molar-refractivity contribution in [2.75, 3.05) is 13.9 Å². The van der Waals surface area contributed by atoms with Gasteiger partial charge >= 0.3 is 0 Å². The number of ether oxygens (including phenoxy) is 3. The lowest BCUT2D eigenvalue weighted by molar-refractivity contribution is 0.171. The van der Waals surface area contributed by atoms with Crippen LogP contribution in [0, 0.1) is 11.3 Å². The molecule has 0 amide bonds. The van der Waals surface area contributed by atoms with Crippen LogP contribution in [0.1, 0.15) is 37.3 Å². The van der Waals surface area contributed by atoms with Gasteiger partial charge in [-0.3, -0.25) is 5.32 Å². The maximum absolute atomic E-state index is 9.43. The summed E-state index contributed by atoms with van der Waals surface area (Å²) in [4.78, 5) is 0. The predicted octanol–water partition coefficient (Wildman–Crippen LogP) is 2.52. The fourth-order valence-corrected chi connectivity index (χ4v) is 2.85. The molecule has 1 aromatic rings. The van der Waals surface area contributed by atoms with Gasteiger partial charge in [0.25, 0.3) is 0 Å². The van der Waals surface area contributed by atoms with Crippen molar-refractivity contribution in [1.82, 2.24) is 5.32 Å². The van der Waals surface area contributed by atoms with E-state index in [0.29, 0.717) is 23.3 Å². The molecule has 3 rings (SSSR count). The van der Waals surface area contributed by atoms with E-state index in [-0.39, 0.29) is 12.8 Å². The molecule has 0 bridgehead atoms. The lowest BCUT2D eigenvalue weighted by Crippen LogP contribution is -2.29. The lowest BCUT2D eigenvalue weighted by atomic mass is 10.0. The molecule has 1 N–H and O–H groups in total.